The molecule has 6 heteroatoms. The molecule has 0 atom stereocenters. The second-order valence-corrected chi connectivity index (χ2v) is 6.20. The zero-order valence-corrected chi connectivity index (χ0v) is 14.0. The number of rotatable bonds is 3. The lowest BCUT2D eigenvalue weighted by molar-refractivity contribution is 0.486. The maximum absolute atomic E-state index is 12.2. The molecule has 0 unspecified atom stereocenters. The van der Waals surface area contributed by atoms with E-state index < -0.39 is 0 Å². The van der Waals surface area contributed by atoms with Crippen molar-refractivity contribution in [3.05, 3.63) is 59.1 Å². The molecule has 4 aromatic rings. The number of aromatic amines is 1. The third kappa shape index (κ3) is 2.42. The topological polar surface area (TPSA) is 85.9 Å². The molecule has 0 fully saturated rings. The predicted octanol–water partition coefficient (Wildman–Crippen LogP) is 3.83. The third-order valence-corrected chi connectivity index (χ3v) is 4.23. The van der Waals surface area contributed by atoms with Gasteiger partial charge in [-0.3, -0.25) is 9.55 Å². The van der Waals surface area contributed by atoms with Crippen LogP contribution < -0.4 is 16.2 Å². The first-order valence-electron chi connectivity index (χ1n) is 8.10. The van der Waals surface area contributed by atoms with E-state index in [9.17, 15) is 4.79 Å². The van der Waals surface area contributed by atoms with Crippen LogP contribution >= 0.6 is 0 Å². The van der Waals surface area contributed by atoms with Crippen molar-refractivity contribution in [2.45, 2.75) is 19.9 Å². The van der Waals surface area contributed by atoms with Gasteiger partial charge in [0.25, 0.3) is 0 Å². The molecular weight excluding hydrogens is 316 g/mol. The summed E-state index contributed by atoms with van der Waals surface area (Å²) in [4.78, 5) is 19.3. The fraction of sp³-hybridized carbons (Fsp3) is 0.158. The van der Waals surface area contributed by atoms with Gasteiger partial charge in [0.15, 0.2) is 11.4 Å². The number of nitrogens with zero attached hydrogens (tertiary/aromatic N) is 2. The summed E-state index contributed by atoms with van der Waals surface area (Å²) in [5.41, 5.74) is 7.73. The number of hydrogen-bond acceptors (Lipinski definition) is 4. The number of hydrogen-bond donors (Lipinski definition) is 2. The largest absolute Gasteiger partial charge is 0.454 e. The number of imidazole rings is 1. The van der Waals surface area contributed by atoms with E-state index in [0.717, 1.165) is 10.8 Å². The monoisotopic (exact) mass is 334 g/mol. The van der Waals surface area contributed by atoms with Crippen LogP contribution in [-0.2, 0) is 0 Å². The van der Waals surface area contributed by atoms with E-state index in [2.05, 4.69) is 9.97 Å². The highest BCUT2D eigenvalue weighted by Crippen LogP contribution is 2.35. The molecule has 0 bridgehead atoms. The molecule has 4 rings (SSSR count). The molecule has 2 heterocycles. The van der Waals surface area contributed by atoms with E-state index in [0.29, 0.717) is 28.4 Å². The Morgan fingerprint density at radius 3 is 2.60 bits per heavy atom. The Labute approximate surface area is 143 Å². The van der Waals surface area contributed by atoms with Crippen LogP contribution in [-0.4, -0.2) is 14.5 Å². The summed E-state index contributed by atoms with van der Waals surface area (Å²) in [5, 5.41) is 1.85. The normalized spacial score (nSPS) is 11.5. The maximum Gasteiger partial charge on any atom is 0.328 e. The quantitative estimate of drug-likeness (QED) is 0.558. The van der Waals surface area contributed by atoms with Crippen molar-refractivity contribution in [3.63, 3.8) is 0 Å². The number of H-pyrrole nitrogens is 1. The summed E-state index contributed by atoms with van der Waals surface area (Å²) < 4.78 is 7.84. The smallest absolute Gasteiger partial charge is 0.328 e. The van der Waals surface area contributed by atoms with Crippen molar-refractivity contribution >= 4 is 27.6 Å². The SMILES string of the molecule is CC(C)n1c(=O)[nH]c2nccc(Oc3ccc(N)c4ccccc34)c21. The van der Waals surface area contributed by atoms with Crippen molar-refractivity contribution < 1.29 is 4.74 Å². The second-order valence-electron chi connectivity index (χ2n) is 6.20. The Kier molecular flexibility index (Phi) is 3.46. The first-order valence-corrected chi connectivity index (χ1v) is 8.10. The number of anilines is 1. The van der Waals surface area contributed by atoms with Crippen LogP contribution in [0.2, 0.25) is 0 Å². The van der Waals surface area contributed by atoms with Crippen LogP contribution in [0.1, 0.15) is 19.9 Å². The van der Waals surface area contributed by atoms with Crippen LogP contribution in [0.15, 0.2) is 53.5 Å². The molecule has 126 valence electrons. The molecule has 3 N–H and O–H groups in total. The summed E-state index contributed by atoms with van der Waals surface area (Å²) in [6.45, 7) is 3.90. The number of nitrogens with one attached hydrogen (secondary N) is 1. The van der Waals surface area contributed by atoms with Crippen molar-refractivity contribution in [2.24, 2.45) is 0 Å². The van der Waals surface area contributed by atoms with E-state index in [1.54, 1.807) is 16.8 Å². The van der Waals surface area contributed by atoms with Gasteiger partial charge < -0.3 is 10.5 Å². The van der Waals surface area contributed by atoms with Crippen molar-refractivity contribution in [1.82, 2.24) is 14.5 Å². The van der Waals surface area contributed by atoms with Gasteiger partial charge in [0.2, 0.25) is 0 Å². The summed E-state index contributed by atoms with van der Waals surface area (Å²) in [6, 6.07) is 13.2. The van der Waals surface area contributed by atoms with Gasteiger partial charge in [-0.1, -0.05) is 24.3 Å². The van der Waals surface area contributed by atoms with Crippen molar-refractivity contribution in [3.8, 4) is 11.5 Å². The highest BCUT2D eigenvalue weighted by Gasteiger charge is 2.16. The predicted molar refractivity (Wildman–Crippen MR) is 99.2 cm³/mol. The Balaban J connectivity index is 1.93. The van der Waals surface area contributed by atoms with Gasteiger partial charge in [-0.15, -0.1) is 0 Å². The van der Waals surface area contributed by atoms with E-state index in [4.69, 9.17) is 10.5 Å². The zero-order chi connectivity index (χ0) is 17.6. The minimum absolute atomic E-state index is 0.0176. The third-order valence-electron chi connectivity index (χ3n) is 4.23. The van der Waals surface area contributed by atoms with E-state index in [1.165, 1.54) is 0 Å². The van der Waals surface area contributed by atoms with Crippen LogP contribution in [0.25, 0.3) is 21.9 Å². The second kappa shape index (κ2) is 5.66. The van der Waals surface area contributed by atoms with E-state index >= 15 is 0 Å². The fourth-order valence-electron chi connectivity index (χ4n) is 3.10. The molecule has 0 aliphatic rings. The number of ether oxygens (including phenoxy) is 1. The molecule has 0 saturated carbocycles. The van der Waals surface area contributed by atoms with E-state index in [1.807, 2.05) is 50.2 Å². The average Bonchev–Trinajstić information content (AvgIpc) is 2.94. The summed E-state index contributed by atoms with van der Waals surface area (Å²) in [7, 11) is 0. The molecule has 6 nitrogen and oxygen atoms in total. The Morgan fingerprint density at radius 2 is 1.84 bits per heavy atom. The standard InChI is InChI=1S/C19H18N4O2/c1-11(2)23-17-16(9-10-21-18(17)22-19(23)24)25-15-8-7-14(20)12-5-3-4-6-13(12)15/h3-11H,20H2,1-2H3,(H,21,22,24). The lowest BCUT2D eigenvalue weighted by Crippen LogP contribution is -2.18. The summed E-state index contributed by atoms with van der Waals surface area (Å²) in [6.07, 6.45) is 1.62. The number of aromatic nitrogens is 3. The van der Waals surface area contributed by atoms with Crippen LogP contribution in [0.5, 0.6) is 11.5 Å². The number of fused-ring (bicyclic) bond motifs is 2. The molecule has 0 aliphatic heterocycles. The lowest BCUT2D eigenvalue weighted by atomic mass is 10.1. The van der Waals surface area contributed by atoms with Crippen molar-refractivity contribution in [2.75, 3.05) is 5.73 Å². The highest BCUT2D eigenvalue weighted by molar-refractivity contribution is 5.97. The minimum Gasteiger partial charge on any atom is -0.454 e. The van der Waals surface area contributed by atoms with Gasteiger partial charge in [-0.2, -0.15) is 0 Å². The molecule has 2 aromatic heterocycles. The van der Waals surface area contributed by atoms with Crippen LogP contribution in [0.4, 0.5) is 5.69 Å². The first kappa shape index (κ1) is 15.3. The zero-order valence-electron chi connectivity index (χ0n) is 14.0. The minimum atomic E-state index is -0.198. The molecule has 0 spiro atoms. The molecule has 0 aliphatic carbocycles. The lowest BCUT2D eigenvalue weighted by Gasteiger charge is -2.13. The van der Waals surface area contributed by atoms with Gasteiger partial charge in [0.05, 0.1) is 0 Å². The van der Waals surface area contributed by atoms with Crippen molar-refractivity contribution in [1.29, 1.82) is 0 Å². The number of nitrogen functional groups attached to an aromatic ring is 1. The Hall–Kier alpha value is -3.28. The number of nitrogens with two attached hydrogens (primary N) is 1. The number of pyridine rings is 1. The van der Waals surface area contributed by atoms with Gasteiger partial charge >= 0.3 is 5.69 Å². The summed E-state index contributed by atoms with van der Waals surface area (Å²) in [5.74, 6) is 1.26. The molecule has 0 saturated heterocycles. The van der Waals surface area contributed by atoms with Gasteiger partial charge in [0.1, 0.15) is 11.3 Å². The van der Waals surface area contributed by atoms with Gasteiger partial charge in [-0.05, 0) is 26.0 Å². The van der Waals surface area contributed by atoms with Crippen LogP contribution in [0.3, 0.4) is 0 Å². The van der Waals surface area contributed by atoms with Gasteiger partial charge in [0, 0.05) is 34.8 Å². The highest BCUT2D eigenvalue weighted by atomic mass is 16.5. The molecule has 0 amide bonds. The maximum atomic E-state index is 12.2. The number of benzene rings is 2. The Morgan fingerprint density at radius 1 is 1.08 bits per heavy atom. The Bertz CT molecular complexity index is 1140. The molecular formula is C19H18N4O2. The molecule has 0 radical (unpaired) electrons. The van der Waals surface area contributed by atoms with Crippen LogP contribution in [0, 0.1) is 0 Å². The fourth-order valence-corrected chi connectivity index (χ4v) is 3.10. The molecule has 25 heavy (non-hydrogen) atoms. The van der Waals surface area contributed by atoms with Gasteiger partial charge in [-0.25, -0.2) is 9.78 Å². The average molecular weight is 334 g/mol. The first-order chi connectivity index (χ1) is 12.1. The van der Waals surface area contributed by atoms with E-state index in [-0.39, 0.29) is 11.7 Å². The molecule has 2 aromatic carbocycles. The summed E-state index contributed by atoms with van der Waals surface area (Å²) >= 11 is 0.